The molecule has 0 N–H and O–H groups in total. The number of hydrogen-bond donors (Lipinski definition) is 0. The molecular formula is C59H34N4OS. The molecule has 3 aromatic heterocycles. The lowest BCUT2D eigenvalue weighted by molar-refractivity contribution is 0.669. The number of fused-ring (bicyclic) bond motifs is 15. The van der Waals surface area contributed by atoms with Gasteiger partial charge in [-0.3, -0.25) is 0 Å². The third-order valence-corrected chi connectivity index (χ3v) is 14.5. The summed E-state index contributed by atoms with van der Waals surface area (Å²) in [5, 5.41) is 5.40. The molecule has 4 heterocycles. The normalized spacial score (nSPS) is 13.3. The Labute approximate surface area is 378 Å². The molecule has 9 aromatic carbocycles. The second kappa shape index (κ2) is 13.9. The first-order valence-electron chi connectivity index (χ1n) is 21.9. The average Bonchev–Trinajstić information content (AvgIpc) is 3.90. The quantitative estimate of drug-likeness (QED) is 0.164. The zero-order valence-corrected chi connectivity index (χ0v) is 35.6. The fraction of sp³-hybridized carbons (Fsp3) is 0.0169. The van der Waals surface area contributed by atoms with Gasteiger partial charge in [-0.05, 0) is 81.2 Å². The van der Waals surface area contributed by atoms with Crippen LogP contribution in [-0.4, -0.2) is 19.9 Å². The highest BCUT2D eigenvalue weighted by molar-refractivity contribution is 7.99. The van der Waals surface area contributed by atoms with Gasteiger partial charge in [0.15, 0.2) is 17.5 Å². The summed E-state index contributed by atoms with van der Waals surface area (Å²) in [5.74, 6) is 1.76. The Hall–Kier alpha value is -8.19. The molecular weight excluding hydrogens is 813 g/mol. The minimum absolute atomic E-state index is 0.483. The van der Waals surface area contributed by atoms with E-state index in [1.165, 1.54) is 48.6 Å². The predicted molar refractivity (Wildman–Crippen MR) is 263 cm³/mol. The number of para-hydroxylation sites is 2. The Morgan fingerprint density at radius 2 is 0.954 bits per heavy atom. The smallest absolute Gasteiger partial charge is 0.164 e. The first-order chi connectivity index (χ1) is 32.2. The third kappa shape index (κ3) is 5.29. The molecule has 0 saturated carbocycles. The fourth-order valence-corrected chi connectivity index (χ4v) is 11.8. The molecule has 2 aliphatic rings. The summed E-state index contributed by atoms with van der Waals surface area (Å²) in [6, 6.07) is 73.2. The van der Waals surface area contributed by atoms with Crippen molar-refractivity contribution in [3.8, 4) is 56.5 Å². The van der Waals surface area contributed by atoms with Gasteiger partial charge in [-0.1, -0.05) is 176 Å². The highest BCUT2D eigenvalue weighted by Crippen LogP contribution is 2.62. The van der Waals surface area contributed by atoms with E-state index in [1.807, 2.05) is 72.4 Å². The molecule has 6 heteroatoms. The van der Waals surface area contributed by atoms with E-state index in [4.69, 9.17) is 24.4 Å². The van der Waals surface area contributed by atoms with Gasteiger partial charge >= 0.3 is 0 Å². The topological polar surface area (TPSA) is 64.7 Å². The molecule has 5 nitrogen and oxygen atoms in total. The van der Waals surface area contributed by atoms with Gasteiger partial charge in [-0.2, -0.15) is 0 Å². The van der Waals surface area contributed by atoms with Crippen LogP contribution in [0.5, 0.6) is 0 Å². The van der Waals surface area contributed by atoms with E-state index in [-0.39, 0.29) is 0 Å². The second-order valence-corrected chi connectivity index (χ2v) is 17.9. The SMILES string of the molecule is c1ccc(-c2nc(-c3cccc(-c4nc5ccccc5c5cc6c(cc45)Sc4ccccc4C64c5ccccc5-c5ccccc54)c3)nc(-c3cccc4oc5ccccc5c34)n2)cc1. The van der Waals surface area contributed by atoms with Gasteiger partial charge in [0.1, 0.15) is 11.2 Å². The Morgan fingerprint density at radius 1 is 0.354 bits per heavy atom. The van der Waals surface area contributed by atoms with Gasteiger partial charge in [0.25, 0.3) is 0 Å². The van der Waals surface area contributed by atoms with Gasteiger partial charge < -0.3 is 4.42 Å². The van der Waals surface area contributed by atoms with Gasteiger partial charge in [-0.15, -0.1) is 0 Å². The standard InChI is InChI=1S/C59H34N4OS/c1-2-16-35(17-3-1)56-61-57(63-58(62-56)42-24-15-30-51-54(42)41-23-7-12-29-50(41)64-51)37-19-14-18-36(32-37)55-44-34-53-48(33-43(44)40-22-6-11-28-49(40)60-55)59(47-27-10-13-31-52(47)65-53)45-25-8-4-20-38(45)39-21-5-9-26-46(39)59/h1-34H. The van der Waals surface area contributed by atoms with Crippen LogP contribution in [0.3, 0.4) is 0 Å². The van der Waals surface area contributed by atoms with E-state index in [2.05, 4.69) is 146 Å². The molecule has 65 heavy (non-hydrogen) atoms. The summed E-state index contributed by atoms with van der Waals surface area (Å²) in [5.41, 5.74) is 14.5. The van der Waals surface area contributed by atoms with Crippen molar-refractivity contribution in [3.63, 3.8) is 0 Å². The van der Waals surface area contributed by atoms with E-state index in [1.54, 1.807) is 0 Å². The molecule has 0 bridgehead atoms. The maximum atomic E-state index is 6.31. The second-order valence-electron chi connectivity index (χ2n) is 16.8. The van der Waals surface area contributed by atoms with Crippen molar-refractivity contribution in [2.45, 2.75) is 15.2 Å². The van der Waals surface area contributed by atoms with Gasteiger partial charge in [0, 0.05) is 53.6 Å². The molecule has 14 rings (SSSR count). The van der Waals surface area contributed by atoms with Crippen molar-refractivity contribution < 1.29 is 4.42 Å². The predicted octanol–water partition coefficient (Wildman–Crippen LogP) is 15.0. The number of benzene rings is 9. The zero-order chi connectivity index (χ0) is 42.6. The molecule has 0 unspecified atom stereocenters. The van der Waals surface area contributed by atoms with E-state index >= 15 is 0 Å². The molecule has 1 aliphatic heterocycles. The van der Waals surface area contributed by atoms with Gasteiger partial charge in [-0.25, -0.2) is 19.9 Å². The number of hydrogen-bond acceptors (Lipinski definition) is 6. The number of nitrogens with zero attached hydrogens (tertiary/aromatic N) is 4. The molecule has 0 radical (unpaired) electrons. The number of pyridine rings is 1. The van der Waals surface area contributed by atoms with Gasteiger partial charge in [0.2, 0.25) is 0 Å². The van der Waals surface area contributed by atoms with Crippen LogP contribution in [-0.2, 0) is 5.41 Å². The van der Waals surface area contributed by atoms with Crippen LogP contribution in [0.2, 0.25) is 0 Å². The van der Waals surface area contributed by atoms with Gasteiger partial charge in [0.05, 0.1) is 16.6 Å². The minimum atomic E-state index is -0.483. The highest BCUT2D eigenvalue weighted by atomic mass is 32.2. The maximum absolute atomic E-state index is 6.31. The van der Waals surface area contributed by atoms with Crippen molar-refractivity contribution in [1.82, 2.24) is 19.9 Å². The minimum Gasteiger partial charge on any atom is -0.456 e. The van der Waals surface area contributed by atoms with E-state index in [9.17, 15) is 0 Å². The molecule has 1 spiro atoms. The van der Waals surface area contributed by atoms with E-state index < -0.39 is 5.41 Å². The number of furan rings is 1. The first-order valence-corrected chi connectivity index (χ1v) is 22.7. The molecule has 1 aliphatic carbocycles. The molecule has 0 atom stereocenters. The summed E-state index contributed by atoms with van der Waals surface area (Å²) >= 11 is 1.86. The maximum Gasteiger partial charge on any atom is 0.164 e. The Kier molecular flexibility index (Phi) is 7.77. The van der Waals surface area contributed by atoms with Crippen LogP contribution in [0.15, 0.2) is 220 Å². The summed E-state index contributed by atoms with van der Waals surface area (Å²) in [6.45, 7) is 0. The summed E-state index contributed by atoms with van der Waals surface area (Å²) in [7, 11) is 0. The number of rotatable bonds is 4. The van der Waals surface area contributed by atoms with Crippen LogP contribution < -0.4 is 0 Å². The highest BCUT2D eigenvalue weighted by Gasteiger charge is 2.50. The van der Waals surface area contributed by atoms with E-state index in [0.717, 1.165) is 66.2 Å². The largest absolute Gasteiger partial charge is 0.456 e. The van der Waals surface area contributed by atoms with E-state index in [0.29, 0.717) is 17.5 Å². The Balaban J connectivity index is 0.997. The lowest BCUT2D eigenvalue weighted by Crippen LogP contribution is -2.32. The van der Waals surface area contributed by atoms with Crippen LogP contribution in [0, 0.1) is 0 Å². The van der Waals surface area contributed by atoms with Crippen LogP contribution in [0.1, 0.15) is 22.3 Å². The third-order valence-electron chi connectivity index (χ3n) is 13.4. The van der Waals surface area contributed by atoms with Crippen LogP contribution in [0.25, 0.3) is 100 Å². The molecule has 12 aromatic rings. The summed E-state index contributed by atoms with van der Waals surface area (Å²) in [6.07, 6.45) is 0. The Morgan fingerprint density at radius 3 is 1.78 bits per heavy atom. The van der Waals surface area contributed by atoms with Crippen molar-refractivity contribution in [1.29, 1.82) is 0 Å². The summed E-state index contributed by atoms with van der Waals surface area (Å²) < 4.78 is 6.31. The summed E-state index contributed by atoms with van der Waals surface area (Å²) in [4.78, 5) is 23.5. The zero-order valence-electron chi connectivity index (χ0n) is 34.7. The van der Waals surface area contributed by atoms with Crippen molar-refractivity contribution in [2.24, 2.45) is 0 Å². The monoisotopic (exact) mass is 846 g/mol. The lowest BCUT2D eigenvalue weighted by Gasteiger charge is -2.40. The molecule has 302 valence electrons. The molecule has 0 amide bonds. The average molecular weight is 847 g/mol. The first kappa shape index (κ1) is 36.3. The number of aromatic nitrogens is 4. The lowest BCUT2D eigenvalue weighted by atomic mass is 9.67. The fourth-order valence-electron chi connectivity index (χ4n) is 10.6. The van der Waals surface area contributed by atoms with Crippen LogP contribution >= 0.6 is 11.8 Å². The molecule has 0 saturated heterocycles. The van der Waals surface area contributed by atoms with Crippen molar-refractivity contribution >= 4 is 55.4 Å². The molecule has 0 fully saturated rings. The van der Waals surface area contributed by atoms with Crippen molar-refractivity contribution in [3.05, 3.63) is 229 Å². The Bertz CT molecular complexity index is 3910. The van der Waals surface area contributed by atoms with Crippen molar-refractivity contribution in [2.75, 3.05) is 0 Å². The van der Waals surface area contributed by atoms with Crippen LogP contribution in [0.4, 0.5) is 0 Å².